The zero-order valence-electron chi connectivity index (χ0n) is 12.8. The molecule has 1 unspecified atom stereocenters. The highest BCUT2D eigenvalue weighted by atomic mass is 16.5. The largest absolute Gasteiger partial charge is 0.467 e. The van der Waals surface area contributed by atoms with Crippen LogP contribution in [-0.2, 0) is 11.3 Å². The smallest absolute Gasteiger partial charge is 0.316 e. The molecule has 1 atom stereocenters. The standard InChI is InChI=1S/C16H25N3O2/c1-20-16-17-9-8-13(18-16)11-19(14-5-2-3-6-14)12-15-7-4-10-21-15/h8-9,14-15H,2-7,10-12H2,1H3. The van der Waals surface area contributed by atoms with E-state index in [0.29, 0.717) is 18.2 Å². The fraction of sp³-hybridized carbons (Fsp3) is 0.750. The van der Waals surface area contributed by atoms with Crippen LogP contribution in [0.4, 0.5) is 0 Å². The van der Waals surface area contributed by atoms with E-state index in [1.165, 1.54) is 38.5 Å². The zero-order chi connectivity index (χ0) is 14.5. The first kappa shape index (κ1) is 14.7. The highest BCUT2D eigenvalue weighted by molar-refractivity contribution is 5.06. The van der Waals surface area contributed by atoms with Crippen molar-refractivity contribution < 1.29 is 9.47 Å². The summed E-state index contributed by atoms with van der Waals surface area (Å²) in [7, 11) is 1.61. The van der Waals surface area contributed by atoms with Gasteiger partial charge in [-0.15, -0.1) is 0 Å². The molecule has 5 heteroatoms. The maximum Gasteiger partial charge on any atom is 0.316 e. The number of nitrogens with zero attached hydrogens (tertiary/aromatic N) is 3. The summed E-state index contributed by atoms with van der Waals surface area (Å²) in [5.41, 5.74) is 1.03. The molecule has 5 nitrogen and oxygen atoms in total. The summed E-state index contributed by atoms with van der Waals surface area (Å²) in [6.45, 7) is 2.81. The number of hydrogen-bond donors (Lipinski definition) is 0. The van der Waals surface area contributed by atoms with E-state index in [1.54, 1.807) is 13.3 Å². The summed E-state index contributed by atoms with van der Waals surface area (Å²) in [6, 6.07) is 3.12. The zero-order valence-corrected chi connectivity index (χ0v) is 12.8. The van der Waals surface area contributed by atoms with Gasteiger partial charge in [-0.2, -0.15) is 4.98 Å². The molecule has 1 aliphatic carbocycles. The molecule has 0 spiro atoms. The molecule has 21 heavy (non-hydrogen) atoms. The second kappa shape index (κ2) is 7.18. The average Bonchev–Trinajstić information content (AvgIpc) is 3.20. The molecule has 0 aromatic carbocycles. The van der Waals surface area contributed by atoms with Crippen LogP contribution >= 0.6 is 0 Å². The summed E-state index contributed by atoms with van der Waals surface area (Å²) in [5, 5.41) is 0. The molecule has 116 valence electrons. The third kappa shape index (κ3) is 3.92. The molecule has 1 aromatic heterocycles. The van der Waals surface area contributed by atoms with E-state index in [-0.39, 0.29) is 0 Å². The number of aromatic nitrogens is 2. The Morgan fingerprint density at radius 3 is 2.86 bits per heavy atom. The van der Waals surface area contributed by atoms with E-state index in [0.717, 1.165) is 25.4 Å². The summed E-state index contributed by atoms with van der Waals surface area (Å²) in [4.78, 5) is 11.1. The topological polar surface area (TPSA) is 47.5 Å². The van der Waals surface area contributed by atoms with Gasteiger partial charge in [0.05, 0.1) is 18.9 Å². The Kier molecular flexibility index (Phi) is 5.04. The Morgan fingerprint density at radius 2 is 2.14 bits per heavy atom. The van der Waals surface area contributed by atoms with Crippen molar-refractivity contribution in [2.24, 2.45) is 0 Å². The highest BCUT2D eigenvalue weighted by Gasteiger charge is 2.27. The molecule has 2 heterocycles. The maximum absolute atomic E-state index is 5.83. The van der Waals surface area contributed by atoms with Gasteiger partial charge in [-0.1, -0.05) is 12.8 Å². The summed E-state index contributed by atoms with van der Waals surface area (Å²) < 4.78 is 11.0. The molecular formula is C16H25N3O2. The minimum atomic E-state index is 0.398. The third-order valence-electron chi connectivity index (χ3n) is 4.54. The average molecular weight is 291 g/mol. The van der Waals surface area contributed by atoms with Crippen LogP contribution in [0.5, 0.6) is 6.01 Å². The minimum absolute atomic E-state index is 0.398. The third-order valence-corrected chi connectivity index (χ3v) is 4.54. The Hall–Kier alpha value is -1.20. The highest BCUT2D eigenvalue weighted by Crippen LogP contribution is 2.26. The van der Waals surface area contributed by atoms with Crippen LogP contribution in [0.2, 0.25) is 0 Å². The molecular weight excluding hydrogens is 266 g/mol. The van der Waals surface area contributed by atoms with Crippen molar-refractivity contribution in [3.8, 4) is 6.01 Å². The fourth-order valence-corrected chi connectivity index (χ4v) is 3.43. The maximum atomic E-state index is 5.83. The number of ether oxygens (including phenoxy) is 2. The molecule has 0 radical (unpaired) electrons. The number of methoxy groups -OCH3 is 1. The Bertz CT molecular complexity index is 443. The van der Waals surface area contributed by atoms with Gasteiger partial charge >= 0.3 is 6.01 Å². The summed E-state index contributed by atoms with van der Waals surface area (Å²) >= 11 is 0. The predicted molar refractivity (Wildman–Crippen MR) is 80.2 cm³/mol. The van der Waals surface area contributed by atoms with Crippen LogP contribution in [0.25, 0.3) is 0 Å². The van der Waals surface area contributed by atoms with E-state index >= 15 is 0 Å². The van der Waals surface area contributed by atoms with Crippen molar-refractivity contribution in [2.45, 2.75) is 57.2 Å². The van der Waals surface area contributed by atoms with Gasteiger partial charge in [-0.25, -0.2) is 4.98 Å². The lowest BCUT2D eigenvalue weighted by atomic mass is 10.1. The Morgan fingerprint density at radius 1 is 1.29 bits per heavy atom. The van der Waals surface area contributed by atoms with Crippen LogP contribution in [0.1, 0.15) is 44.2 Å². The molecule has 1 aliphatic heterocycles. The van der Waals surface area contributed by atoms with Gasteiger partial charge in [0.2, 0.25) is 0 Å². The van der Waals surface area contributed by atoms with Crippen molar-refractivity contribution in [1.29, 1.82) is 0 Å². The predicted octanol–water partition coefficient (Wildman–Crippen LogP) is 2.41. The molecule has 3 rings (SSSR count). The van der Waals surface area contributed by atoms with Gasteiger partial charge in [0, 0.05) is 31.9 Å². The molecule has 1 saturated heterocycles. The fourth-order valence-electron chi connectivity index (χ4n) is 3.43. The van der Waals surface area contributed by atoms with Gasteiger partial charge in [-0.05, 0) is 31.7 Å². The van der Waals surface area contributed by atoms with Crippen LogP contribution in [0.3, 0.4) is 0 Å². The lowest BCUT2D eigenvalue weighted by molar-refractivity contribution is 0.0535. The molecule has 0 bridgehead atoms. The summed E-state index contributed by atoms with van der Waals surface area (Å²) in [5.74, 6) is 0. The van der Waals surface area contributed by atoms with E-state index in [2.05, 4.69) is 14.9 Å². The van der Waals surface area contributed by atoms with Crippen molar-refractivity contribution >= 4 is 0 Å². The van der Waals surface area contributed by atoms with Crippen molar-refractivity contribution in [1.82, 2.24) is 14.9 Å². The van der Waals surface area contributed by atoms with Crippen LogP contribution < -0.4 is 4.74 Å². The number of hydrogen-bond acceptors (Lipinski definition) is 5. The Balaban J connectivity index is 1.67. The van der Waals surface area contributed by atoms with E-state index in [9.17, 15) is 0 Å². The molecule has 0 N–H and O–H groups in total. The second-order valence-electron chi connectivity index (χ2n) is 6.04. The van der Waals surface area contributed by atoms with E-state index in [4.69, 9.17) is 9.47 Å². The van der Waals surface area contributed by atoms with Crippen molar-refractivity contribution in [3.05, 3.63) is 18.0 Å². The minimum Gasteiger partial charge on any atom is -0.467 e. The van der Waals surface area contributed by atoms with E-state index in [1.807, 2.05) is 6.07 Å². The molecule has 1 saturated carbocycles. The van der Waals surface area contributed by atoms with Gasteiger partial charge in [-0.3, -0.25) is 4.90 Å². The SMILES string of the molecule is COc1nccc(CN(CC2CCCO2)C2CCCC2)n1. The van der Waals surface area contributed by atoms with Crippen molar-refractivity contribution in [2.75, 3.05) is 20.3 Å². The first-order valence-corrected chi connectivity index (χ1v) is 8.06. The molecule has 1 aromatic rings. The van der Waals surface area contributed by atoms with Gasteiger partial charge in [0.25, 0.3) is 0 Å². The number of rotatable bonds is 6. The lowest BCUT2D eigenvalue weighted by Gasteiger charge is -2.30. The van der Waals surface area contributed by atoms with Crippen LogP contribution in [0, 0.1) is 0 Å². The summed E-state index contributed by atoms with van der Waals surface area (Å²) in [6.07, 6.45) is 9.86. The van der Waals surface area contributed by atoms with Gasteiger partial charge in [0.1, 0.15) is 0 Å². The normalized spacial score (nSPS) is 23.0. The Labute approximate surface area is 126 Å². The molecule has 2 fully saturated rings. The van der Waals surface area contributed by atoms with Crippen LogP contribution in [0.15, 0.2) is 12.3 Å². The second-order valence-corrected chi connectivity index (χ2v) is 6.04. The van der Waals surface area contributed by atoms with E-state index < -0.39 is 0 Å². The van der Waals surface area contributed by atoms with Gasteiger partial charge < -0.3 is 9.47 Å². The lowest BCUT2D eigenvalue weighted by Crippen LogP contribution is -2.38. The first-order valence-electron chi connectivity index (χ1n) is 8.06. The monoisotopic (exact) mass is 291 g/mol. The van der Waals surface area contributed by atoms with Gasteiger partial charge in [0.15, 0.2) is 0 Å². The van der Waals surface area contributed by atoms with Crippen LogP contribution in [-0.4, -0.2) is 47.3 Å². The van der Waals surface area contributed by atoms with Crippen molar-refractivity contribution in [3.63, 3.8) is 0 Å². The first-order chi connectivity index (χ1) is 10.3. The molecule has 0 amide bonds. The quantitative estimate of drug-likeness (QED) is 0.805. The molecule has 2 aliphatic rings.